The Bertz CT molecular complexity index is 919. The minimum absolute atomic E-state index is 0.0370. The minimum atomic E-state index is -1.38. The minimum Gasteiger partial charge on any atom is -0.467 e. The van der Waals surface area contributed by atoms with Crippen LogP contribution in [0, 0.1) is 0 Å². The van der Waals surface area contributed by atoms with Crippen molar-refractivity contribution in [2.75, 3.05) is 24.9 Å². The molecule has 0 aromatic heterocycles. The standard InChI is InChI=1S/C20H20Cl2N2O4/c1-19(17(25)27-2)11-20(18(26)28-3,23-14-7-4-12(21)5-8-14)15-10-13(22)6-9-16(15)24-19/h4-10,23-24H,11H2,1-3H3/t19-,20+/m1/s1. The number of fused-ring (bicyclic) bond motifs is 1. The highest BCUT2D eigenvalue weighted by Crippen LogP contribution is 2.46. The summed E-state index contributed by atoms with van der Waals surface area (Å²) in [6.45, 7) is 1.68. The number of nitrogens with one attached hydrogen (secondary N) is 2. The predicted octanol–water partition coefficient (Wildman–Crippen LogP) is 4.22. The Morgan fingerprint density at radius 1 is 1.00 bits per heavy atom. The molecule has 0 aliphatic carbocycles. The number of anilines is 2. The van der Waals surface area contributed by atoms with Crippen molar-refractivity contribution in [3.8, 4) is 0 Å². The molecular formula is C20H20Cl2N2O4. The van der Waals surface area contributed by atoms with Crippen LogP contribution in [-0.4, -0.2) is 31.7 Å². The molecule has 0 spiro atoms. The number of ether oxygens (including phenoxy) is 2. The van der Waals surface area contributed by atoms with Gasteiger partial charge in [0.1, 0.15) is 5.54 Å². The van der Waals surface area contributed by atoms with Crippen LogP contribution in [0.1, 0.15) is 18.9 Å². The SMILES string of the molecule is COC(=O)[C@@]1(C)C[C@@](Nc2ccc(Cl)cc2)(C(=O)OC)c2cc(Cl)ccc2N1. The van der Waals surface area contributed by atoms with E-state index in [1.54, 1.807) is 49.4 Å². The summed E-state index contributed by atoms with van der Waals surface area (Å²) < 4.78 is 10.1. The van der Waals surface area contributed by atoms with E-state index in [0.29, 0.717) is 27.0 Å². The van der Waals surface area contributed by atoms with Crippen molar-refractivity contribution < 1.29 is 19.1 Å². The summed E-state index contributed by atoms with van der Waals surface area (Å²) in [7, 11) is 2.61. The monoisotopic (exact) mass is 422 g/mol. The zero-order chi connectivity index (χ0) is 20.5. The van der Waals surface area contributed by atoms with Crippen molar-refractivity contribution in [1.82, 2.24) is 0 Å². The zero-order valence-electron chi connectivity index (χ0n) is 15.6. The van der Waals surface area contributed by atoms with Gasteiger partial charge in [-0.15, -0.1) is 0 Å². The molecule has 0 bridgehead atoms. The van der Waals surface area contributed by atoms with Crippen LogP contribution < -0.4 is 10.6 Å². The first kappa shape index (κ1) is 20.3. The molecule has 148 valence electrons. The first-order chi connectivity index (χ1) is 13.2. The second-order valence-electron chi connectivity index (χ2n) is 6.84. The average Bonchev–Trinajstić information content (AvgIpc) is 2.68. The van der Waals surface area contributed by atoms with E-state index in [4.69, 9.17) is 32.7 Å². The van der Waals surface area contributed by atoms with Gasteiger partial charge in [0.15, 0.2) is 5.54 Å². The van der Waals surface area contributed by atoms with Gasteiger partial charge >= 0.3 is 11.9 Å². The van der Waals surface area contributed by atoms with Crippen molar-refractivity contribution in [3.63, 3.8) is 0 Å². The number of carbonyl (C=O) groups is 2. The highest BCUT2D eigenvalue weighted by Gasteiger charge is 2.55. The third-order valence-corrected chi connectivity index (χ3v) is 5.33. The maximum Gasteiger partial charge on any atom is 0.336 e. The average molecular weight is 423 g/mol. The van der Waals surface area contributed by atoms with E-state index in [1.807, 2.05) is 0 Å². The van der Waals surface area contributed by atoms with Crippen molar-refractivity contribution in [3.05, 3.63) is 58.1 Å². The largest absolute Gasteiger partial charge is 0.467 e. The fourth-order valence-electron chi connectivity index (χ4n) is 3.59. The number of benzene rings is 2. The van der Waals surface area contributed by atoms with Gasteiger partial charge in [0, 0.05) is 33.4 Å². The highest BCUT2D eigenvalue weighted by molar-refractivity contribution is 6.31. The molecule has 0 saturated heterocycles. The Kier molecular flexibility index (Phi) is 5.46. The molecule has 0 radical (unpaired) electrons. The van der Waals surface area contributed by atoms with Gasteiger partial charge in [-0.3, -0.25) is 0 Å². The van der Waals surface area contributed by atoms with Crippen molar-refractivity contribution in [1.29, 1.82) is 0 Å². The molecule has 2 atom stereocenters. The second-order valence-corrected chi connectivity index (χ2v) is 7.72. The molecule has 2 aromatic carbocycles. The molecule has 0 unspecified atom stereocenters. The van der Waals surface area contributed by atoms with Gasteiger partial charge in [-0.25, -0.2) is 9.59 Å². The molecule has 0 saturated carbocycles. The van der Waals surface area contributed by atoms with Crippen LogP contribution in [-0.2, 0) is 24.6 Å². The van der Waals surface area contributed by atoms with Crippen molar-refractivity contribution in [2.24, 2.45) is 0 Å². The quantitative estimate of drug-likeness (QED) is 0.718. The first-order valence-corrected chi connectivity index (χ1v) is 9.28. The Morgan fingerprint density at radius 3 is 2.21 bits per heavy atom. The number of methoxy groups -OCH3 is 2. The van der Waals surface area contributed by atoms with Crippen molar-refractivity contribution in [2.45, 2.75) is 24.4 Å². The maximum atomic E-state index is 13.1. The molecule has 0 fully saturated rings. The van der Waals surface area contributed by atoms with Gasteiger partial charge in [-0.05, 0) is 49.4 Å². The number of hydrogen-bond donors (Lipinski definition) is 2. The van der Waals surface area contributed by atoms with E-state index in [0.717, 1.165) is 0 Å². The summed E-state index contributed by atoms with van der Waals surface area (Å²) >= 11 is 12.2. The Balaban J connectivity index is 2.22. The summed E-state index contributed by atoms with van der Waals surface area (Å²) in [5, 5.41) is 7.44. The van der Waals surface area contributed by atoms with Gasteiger partial charge in [-0.1, -0.05) is 23.2 Å². The van der Waals surface area contributed by atoms with Crippen LogP contribution in [0.5, 0.6) is 0 Å². The topological polar surface area (TPSA) is 76.7 Å². The van der Waals surface area contributed by atoms with Gasteiger partial charge in [-0.2, -0.15) is 0 Å². The van der Waals surface area contributed by atoms with Gasteiger partial charge in [0.2, 0.25) is 0 Å². The fourth-order valence-corrected chi connectivity index (χ4v) is 3.89. The Hall–Kier alpha value is -2.44. The number of hydrogen-bond acceptors (Lipinski definition) is 6. The van der Waals surface area contributed by atoms with Crippen LogP contribution in [0.2, 0.25) is 10.0 Å². The van der Waals surface area contributed by atoms with E-state index < -0.39 is 23.0 Å². The predicted molar refractivity (Wildman–Crippen MR) is 109 cm³/mol. The van der Waals surface area contributed by atoms with Crippen molar-refractivity contribution >= 4 is 46.5 Å². The second kappa shape index (κ2) is 7.53. The molecule has 2 aromatic rings. The number of carbonyl (C=O) groups excluding carboxylic acids is 2. The first-order valence-electron chi connectivity index (χ1n) is 8.53. The molecule has 6 nitrogen and oxygen atoms in total. The summed E-state index contributed by atoms with van der Waals surface area (Å²) in [5.41, 5.74) is -0.770. The molecule has 0 amide bonds. The van der Waals surface area contributed by atoms with Crippen LogP contribution in [0.25, 0.3) is 0 Å². The fraction of sp³-hybridized carbons (Fsp3) is 0.300. The Morgan fingerprint density at radius 2 is 1.61 bits per heavy atom. The van der Waals surface area contributed by atoms with E-state index >= 15 is 0 Å². The van der Waals surface area contributed by atoms with E-state index in [9.17, 15) is 9.59 Å². The molecule has 1 aliphatic rings. The smallest absolute Gasteiger partial charge is 0.336 e. The van der Waals surface area contributed by atoms with Crippen LogP contribution in [0.4, 0.5) is 11.4 Å². The number of halogens is 2. The lowest BCUT2D eigenvalue weighted by atomic mass is 9.73. The third-order valence-electron chi connectivity index (χ3n) is 4.84. The van der Waals surface area contributed by atoms with Gasteiger partial charge < -0.3 is 20.1 Å². The lowest BCUT2D eigenvalue weighted by Gasteiger charge is -2.45. The van der Waals surface area contributed by atoms with E-state index in [-0.39, 0.29) is 6.42 Å². The number of rotatable bonds is 4. The zero-order valence-corrected chi connectivity index (χ0v) is 17.1. The molecule has 3 rings (SSSR count). The highest BCUT2D eigenvalue weighted by atomic mass is 35.5. The van der Waals surface area contributed by atoms with Crippen LogP contribution in [0.15, 0.2) is 42.5 Å². The summed E-state index contributed by atoms with van der Waals surface area (Å²) in [6, 6.07) is 12.0. The maximum absolute atomic E-state index is 13.1. The lowest BCUT2D eigenvalue weighted by molar-refractivity contribution is -0.151. The van der Waals surface area contributed by atoms with E-state index in [2.05, 4.69) is 10.6 Å². The molecule has 28 heavy (non-hydrogen) atoms. The third kappa shape index (κ3) is 3.50. The molecular weight excluding hydrogens is 403 g/mol. The van der Waals surface area contributed by atoms with Crippen LogP contribution >= 0.6 is 23.2 Å². The molecule has 2 N–H and O–H groups in total. The molecule has 1 aliphatic heterocycles. The van der Waals surface area contributed by atoms with E-state index in [1.165, 1.54) is 14.2 Å². The summed E-state index contributed by atoms with van der Waals surface area (Å²) in [4.78, 5) is 25.7. The summed E-state index contributed by atoms with van der Waals surface area (Å²) in [5.74, 6) is -1.05. The Labute approximate surface area is 173 Å². The molecule has 1 heterocycles. The van der Waals surface area contributed by atoms with Gasteiger partial charge in [0.25, 0.3) is 0 Å². The van der Waals surface area contributed by atoms with Gasteiger partial charge in [0.05, 0.1) is 14.2 Å². The normalized spacial score (nSPS) is 23.2. The van der Waals surface area contributed by atoms with Crippen LogP contribution in [0.3, 0.4) is 0 Å². The number of esters is 2. The lowest BCUT2D eigenvalue weighted by Crippen LogP contribution is -2.59. The summed E-state index contributed by atoms with van der Waals surface area (Å²) in [6.07, 6.45) is 0.0370. The molecule has 8 heteroatoms.